The molecule has 1 aromatic heterocycles. The molecule has 0 radical (unpaired) electrons. The zero-order valence-electron chi connectivity index (χ0n) is 12.2. The molecular formula is C16H16N2O3S. The highest BCUT2D eigenvalue weighted by Gasteiger charge is 2.29. The molecule has 1 aliphatic rings. The summed E-state index contributed by atoms with van der Waals surface area (Å²) in [5.74, 6) is 0.316. The molecular weight excluding hydrogens is 300 g/mol. The van der Waals surface area contributed by atoms with E-state index in [1.807, 2.05) is 25.1 Å². The van der Waals surface area contributed by atoms with E-state index < -0.39 is 16.9 Å². The molecule has 114 valence electrons. The van der Waals surface area contributed by atoms with Crippen molar-refractivity contribution in [3.8, 4) is 11.1 Å². The average molecular weight is 316 g/mol. The number of rotatable bonds is 3. The van der Waals surface area contributed by atoms with E-state index in [0.29, 0.717) is 34.9 Å². The first-order valence-electron chi connectivity index (χ1n) is 7.15. The van der Waals surface area contributed by atoms with Crippen molar-refractivity contribution in [2.45, 2.75) is 24.9 Å². The molecule has 22 heavy (non-hydrogen) atoms. The fraction of sp³-hybridized carbons (Fsp3) is 0.250. The van der Waals surface area contributed by atoms with Gasteiger partial charge in [0.25, 0.3) is 5.56 Å². The van der Waals surface area contributed by atoms with E-state index in [1.165, 1.54) is 9.13 Å². The van der Waals surface area contributed by atoms with Crippen LogP contribution in [0.2, 0.25) is 0 Å². The summed E-state index contributed by atoms with van der Waals surface area (Å²) < 4.78 is 15.0. The average Bonchev–Trinajstić information content (AvgIpc) is 2.53. The van der Waals surface area contributed by atoms with Gasteiger partial charge in [-0.2, -0.15) is 0 Å². The number of benzene rings is 1. The minimum Gasteiger partial charge on any atom is -0.610 e. The number of nitrogens with zero attached hydrogens (tertiary/aromatic N) is 2. The molecule has 1 unspecified atom stereocenters. The van der Waals surface area contributed by atoms with Gasteiger partial charge >= 0.3 is 5.69 Å². The van der Waals surface area contributed by atoms with Gasteiger partial charge in [-0.1, -0.05) is 37.3 Å². The molecule has 0 spiro atoms. The van der Waals surface area contributed by atoms with Crippen LogP contribution in [0.3, 0.4) is 0 Å². The van der Waals surface area contributed by atoms with E-state index in [0.717, 1.165) is 0 Å². The monoisotopic (exact) mass is 316 g/mol. The first-order chi connectivity index (χ1) is 10.6. The van der Waals surface area contributed by atoms with Crippen molar-refractivity contribution >= 4 is 17.4 Å². The third kappa shape index (κ3) is 2.34. The van der Waals surface area contributed by atoms with Gasteiger partial charge in [-0.15, -0.1) is 0 Å². The SMILES string of the molecule is CCCn1c(=O)c(-c2ccccc2)c2n(c1=O)C=CC[S+]2[O-]. The summed E-state index contributed by atoms with van der Waals surface area (Å²) >= 11 is -1.40. The Morgan fingerprint density at radius 2 is 1.95 bits per heavy atom. The highest BCUT2D eigenvalue weighted by Crippen LogP contribution is 2.26. The molecule has 2 aromatic rings. The summed E-state index contributed by atoms with van der Waals surface area (Å²) in [5.41, 5.74) is 0.250. The van der Waals surface area contributed by atoms with Crippen molar-refractivity contribution in [3.63, 3.8) is 0 Å². The second kappa shape index (κ2) is 5.98. The lowest BCUT2D eigenvalue weighted by molar-refractivity contribution is 0.564. The van der Waals surface area contributed by atoms with E-state index >= 15 is 0 Å². The first-order valence-corrected chi connectivity index (χ1v) is 8.46. The quantitative estimate of drug-likeness (QED) is 0.639. The molecule has 0 N–H and O–H groups in total. The van der Waals surface area contributed by atoms with Crippen molar-refractivity contribution in [1.29, 1.82) is 0 Å². The van der Waals surface area contributed by atoms with Gasteiger partial charge in [-0.3, -0.25) is 9.36 Å². The Balaban J connectivity index is 2.42. The molecule has 1 atom stereocenters. The third-order valence-corrected chi connectivity index (χ3v) is 4.88. The molecule has 0 aliphatic carbocycles. The van der Waals surface area contributed by atoms with Crippen LogP contribution in [-0.4, -0.2) is 19.4 Å². The molecule has 3 rings (SSSR count). The zero-order chi connectivity index (χ0) is 15.7. The molecule has 6 heteroatoms. The maximum Gasteiger partial charge on any atom is 0.338 e. The topological polar surface area (TPSA) is 67.1 Å². The van der Waals surface area contributed by atoms with Crippen LogP contribution in [0.1, 0.15) is 13.3 Å². The van der Waals surface area contributed by atoms with E-state index in [2.05, 4.69) is 0 Å². The van der Waals surface area contributed by atoms with Gasteiger partial charge in [0.1, 0.15) is 11.3 Å². The second-order valence-electron chi connectivity index (χ2n) is 5.05. The molecule has 5 nitrogen and oxygen atoms in total. The van der Waals surface area contributed by atoms with E-state index in [1.54, 1.807) is 24.4 Å². The molecule has 1 aromatic carbocycles. The molecule has 0 saturated heterocycles. The minimum atomic E-state index is -1.40. The maximum absolute atomic E-state index is 12.8. The van der Waals surface area contributed by atoms with Crippen molar-refractivity contribution in [2.24, 2.45) is 0 Å². The van der Waals surface area contributed by atoms with E-state index in [4.69, 9.17) is 0 Å². The number of fused-ring (bicyclic) bond motifs is 1. The van der Waals surface area contributed by atoms with Crippen LogP contribution in [0.5, 0.6) is 0 Å². The van der Waals surface area contributed by atoms with Gasteiger partial charge < -0.3 is 4.55 Å². The Bertz CT molecular complexity index is 837. The predicted molar refractivity (Wildman–Crippen MR) is 87.3 cm³/mol. The highest BCUT2D eigenvalue weighted by atomic mass is 32.2. The van der Waals surface area contributed by atoms with Gasteiger partial charge in [0.05, 0.1) is 0 Å². The second-order valence-corrected chi connectivity index (χ2v) is 6.46. The lowest BCUT2D eigenvalue weighted by atomic mass is 10.1. The summed E-state index contributed by atoms with van der Waals surface area (Å²) in [7, 11) is 0. The summed E-state index contributed by atoms with van der Waals surface area (Å²) in [6, 6.07) is 9.10. The Hall–Kier alpha value is -2.05. The van der Waals surface area contributed by atoms with Crippen molar-refractivity contribution in [2.75, 3.05) is 5.75 Å². The molecule has 0 fully saturated rings. The first kappa shape index (κ1) is 14.9. The lowest BCUT2D eigenvalue weighted by Crippen LogP contribution is -2.43. The van der Waals surface area contributed by atoms with Gasteiger partial charge in [0, 0.05) is 23.9 Å². The molecule has 2 heterocycles. The van der Waals surface area contributed by atoms with Gasteiger partial charge in [0.15, 0.2) is 0 Å². The molecule has 0 amide bonds. The zero-order valence-corrected chi connectivity index (χ0v) is 13.0. The van der Waals surface area contributed by atoms with E-state index in [9.17, 15) is 14.1 Å². The fourth-order valence-corrected chi connectivity index (χ4v) is 3.80. The largest absolute Gasteiger partial charge is 0.610 e. The summed E-state index contributed by atoms with van der Waals surface area (Å²) in [6.45, 7) is 2.25. The molecule has 0 saturated carbocycles. The number of aromatic nitrogens is 2. The predicted octanol–water partition coefficient (Wildman–Crippen LogP) is 1.68. The normalized spacial score (nSPS) is 16.5. The van der Waals surface area contributed by atoms with Gasteiger partial charge in [-0.25, -0.2) is 9.36 Å². The maximum atomic E-state index is 12.8. The Kier molecular flexibility index (Phi) is 4.04. The molecule has 0 bridgehead atoms. The van der Waals surface area contributed by atoms with Crippen LogP contribution >= 0.6 is 0 Å². The molecule has 1 aliphatic heterocycles. The van der Waals surface area contributed by atoms with Crippen LogP contribution in [0.15, 0.2) is 51.0 Å². The van der Waals surface area contributed by atoms with E-state index in [-0.39, 0.29) is 5.56 Å². The van der Waals surface area contributed by atoms with Crippen LogP contribution in [0.25, 0.3) is 17.3 Å². The van der Waals surface area contributed by atoms with Crippen LogP contribution in [-0.2, 0) is 17.7 Å². The number of hydrogen-bond acceptors (Lipinski definition) is 3. The summed E-state index contributed by atoms with van der Waals surface area (Å²) in [4.78, 5) is 25.3. The standard InChI is InChI=1S/C16H16N2O3S/c1-2-9-17-14(19)13(12-7-4-3-5-8-12)15-18(16(17)20)10-6-11-22(15)21/h3-8,10H,2,9,11H2,1H3. The summed E-state index contributed by atoms with van der Waals surface area (Å²) in [5, 5.41) is 0.302. The Labute approximate surface area is 130 Å². The lowest BCUT2D eigenvalue weighted by Gasteiger charge is -2.20. The van der Waals surface area contributed by atoms with Crippen molar-refractivity contribution in [1.82, 2.24) is 9.13 Å². The van der Waals surface area contributed by atoms with Gasteiger partial charge in [-0.05, 0) is 18.1 Å². The number of hydrogen-bond donors (Lipinski definition) is 0. The highest BCUT2D eigenvalue weighted by molar-refractivity contribution is 7.91. The van der Waals surface area contributed by atoms with Crippen LogP contribution in [0.4, 0.5) is 0 Å². The minimum absolute atomic E-state index is 0.302. The van der Waals surface area contributed by atoms with Crippen LogP contribution in [0, 0.1) is 0 Å². The van der Waals surface area contributed by atoms with Gasteiger partial charge in [0.2, 0.25) is 5.03 Å². The summed E-state index contributed by atoms with van der Waals surface area (Å²) in [6.07, 6.45) is 3.98. The Morgan fingerprint density at radius 3 is 2.64 bits per heavy atom. The van der Waals surface area contributed by atoms with Crippen molar-refractivity contribution < 1.29 is 4.55 Å². The van der Waals surface area contributed by atoms with Crippen LogP contribution < -0.4 is 11.2 Å². The third-order valence-electron chi connectivity index (χ3n) is 3.56. The fourth-order valence-electron chi connectivity index (χ4n) is 2.59. The van der Waals surface area contributed by atoms with Crippen molar-refractivity contribution in [3.05, 3.63) is 57.2 Å². The Morgan fingerprint density at radius 1 is 1.23 bits per heavy atom. The smallest absolute Gasteiger partial charge is 0.338 e.